The molecule has 2 aromatic carbocycles. The third kappa shape index (κ3) is 3.04. The van der Waals surface area contributed by atoms with Gasteiger partial charge >= 0.3 is 0 Å². The number of carbonyl (C=O) groups excluding carboxylic acids is 1. The van der Waals surface area contributed by atoms with Crippen LogP contribution in [0.3, 0.4) is 0 Å². The molecule has 3 rings (SSSR count). The second kappa shape index (κ2) is 6.32. The molecule has 2 atom stereocenters. The molecule has 4 nitrogen and oxygen atoms in total. The second-order valence-corrected chi connectivity index (χ2v) is 5.91. The average Bonchev–Trinajstić information content (AvgIpc) is 2.54. The van der Waals surface area contributed by atoms with Gasteiger partial charge in [-0.1, -0.05) is 18.2 Å². The molecule has 1 aliphatic heterocycles. The summed E-state index contributed by atoms with van der Waals surface area (Å²) in [6.07, 6.45) is 0.976. The second-order valence-electron chi connectivity index (χ2n) is 5.03. The van der Waals surface area contributed by atoms with Gasteiger partial charge in [-0.25, -0.2) is 0 Å². The fraction of sp³-hybridized carbons (Fsp3) is 0.235. The average molecular weight is 315 g/mol. The van der Waals surface area contributed by atoms with E-state index in [1.807, 2.05) is 55.6 Å². The molecule has 0 saturated carbocycles. The number of ether oxygens (including phenoxy) is 2. The van der Waals surface area contributed by atoms with E-state index in [0.29, 0.717) is 11.5 Å². The first kappa shape index (κ1) is 14.8. The van der Waals surface area contributed by atoms with Crippen LogP contribution in [0.15, 0.2) is 53.4 Å². The Bertz CT molecular complexity index is 689. The minimum absolute atomic E-state index is 0.208. The number of fused-ring (bicyclic) bond motifs is 1. The van der Waals surface area contributed by atoms with Crippen molar-refractivity contribution in [1.82, 2.24) is 0 Å². The predicted octanol–water partition coefficient (Wildman–Crippen LogP) is 3.58. The summed E-state index contributed by atoms with van der Waals surface area (Å²) >= 11 is 1.63. The Balaban J connectivity index is 1.75. The minimum Gasteiger partial charge on any atom is -0.482 e. The summed E-state index contributed by atoms with van der Waals surface area (Å²) < 4.78 is 11.6. The molecule has 0 aliphatic carbocycles. The number of hydrogen-bond acceptors (Lipinski definition) is 4. The van der Waals surface area contributed by atoms with Crippen LogP contribution in [-0.2, 0) is 4.79 Å². The minimum atomic E-state index is -0.673. The van der Waals surface area contributed by atoms with E-state index in [4.69, 9.17) is 9.47 Å². The highest BCUT2D eigenvalue weighted by molar-refractivity contribution is 7.98. The topological polar surface area (TPSA) is 47.6 Å². The van der Waals surface area contributed by atoms with Crippen molar-refractivity contribution in [1.29, 1.82) is 0 Å². The number of hydrogen-bond donors (Lipinski definition) is 1. The van der Waals surface area contributed by atoms with E-state index in [1.54, 1.807) is 17.8 Å². The SMILES string of the molecule is CSc1cccc(NC(=O)[C@@H]2Oc3ccccc3O[C@@H]2C)c1. The largest absolute Gasteiger partial charge is 0.482 e. The van der Waals surface area contributed by atoms with Crippen LogP contribution in [0.5, 0.6) is 11.5 Å². The molecular weight excluding hydrogens is 298 g/mol. The highest BCUT2D eigenvalue weighted by atomic mass is 32.2. The van der Waals surface area contributed by atoms with E-state index in [0.717, 1.165) is 10.6 Å². The van der Waals surface area contributed by atoms with Crippen LogP contribution in [0, 0.1) is 0 Å². The lowest BCUT2D eigenvalue weighted by molar-refractivity contribution is -0.128. The maximum absolute atomic E-state index is 12.5. The van der Waals surface area contributed by atoms with E-state index in [2.05, 4.69) is 5.32 Å². The van der Waals surface area contributed by atoms with Gasteiger partial charge in [0.05, 0.1) is 0 Å². The molecule has 0 aromatic heterocycles. The smallest absolute Gasteiger partial charge is 0.269 e. The zero-order valence-corrected chi connectivity index (χ0v) is 13.2. The molecule has 1 N–H and O–H groups in total. The monoisotopic (exact) mass is 315 g/mol. The van der Waals surface area contributed by atoms with Crippen molar-refractivity contribution in [2.75, 3.05) is 11.6 Å². The zero-order valence-electron chi connectivity index (χ0n) is 12.4. The molecular formula is C17H17NO3S. The number of benzene rings is 2. The molecule has 1 heterocycles. The van der Waals surface area contributed by atoms with Gasteiger partial charge < -0.3 is 14.8 Å². The zero-order chi connectivity index (χ0) is 15.5. The molecule has 0 unspecified atom stereocenters. The summed E-state index contributed by atoms with van der Waals surface area (Å²) in [7, 11) is 0. The number of carbonyl (C=O) groups is 1. The number of rotatable bonds is 3. The Morgan fingerprint density at radius 1 is 1.09 bits per heavy atom. The van der Waals surface area contributed by atoms with Crippen molar-refractivity contribution in [2.24, 2.45) is 0 Å². The van der Waals surface area contributed by atoms with Gasteiger partial charge in [0.15, 0.2) is 11.5 Å². The Labute approximate surface area is 133 Å². The van der Waals surface area contributed by atoms with E-state index in [-0.39, 0.29) is 12.0 Å². The summed E-state index contributed by atoms with van der Waals surface area (Å²) in [4.78, 5) is 13.6. The van der Waals surface area contributed by atoms with Crippen LogP contribution in [0.25, 0.3) is 0 Å². The Morgan fingerprint density at radius 3 is 2.55 bits per heavy atom. The van der Waals surface area contributed by atoms with E-state index >= 15 is 0 Å². The van der Waals surface area contributed by atoms with Crippen molar-refractivity contribution in [2.45, 2.75) is 24.0 Å². The predicted molar refractivity (Wildman–Crippen MR) is 87.8 cm³/mol. The first-order chi connectivity index (χ1) is 10.7. The third-order valence-electron chi connectivity index (χ3n) is 3.44. The van der Waals surface area contributed by atoms with E-state index in [1.165, 1.54) is 0 Å². The molecule has 22 heavy (non-hydrogen) atoms. The maximum atomic E-state index is 12.5. The molecule has 2 aromatic rings. The van der Waals surface area contributed by atoms with Crippen LogP contribution in [-0.4, -0.2) is 24.4 Å². The van der Waals surface area contributed by atoms with Crippen molar-refractivity contribution in [3.8, 4) is 11.5 Å². The van der Waals surface area contributed by atoms with Gasteiger partial charge in [0.25, 0.3) is 5.91 Å². The molecule has 0 saturated heterocycles. The molecule has 114 valence electrons. The Morgan fingerprint density at radius 2 is 1.82 bits per heavy atom. The molecule has 0 fully saturated rings. The van der Waals surface area contributed by atoms with Crippen LogP contribution in [0.4, 0.5) is 5.69 Å². The molecule has 0 bridgehead atoms. The first-order valence-corrected chi connectivity index (χ1v) is 8.27. The standard InChI is InChI=1S/C17H17NO3S/c1-11-16(21-15-9-4-3-8-14(15)20-11)17(19)18-12-6-5-7-13(10-12)22-2/h3-11,16H,1-2H3,(H,18,19)/t11-,16-/m1/s1. The highest BCUT2D eigenvalue weighted by Crippen LogP contribution is 2.33. The maximum Gasteiger partial charge on any atom is 0.269 e. The molecule has 5 heteroatoms. The summed E-state index contributed by atoms with van der Waals surface area (Å²) in [6.45, 7) is 1.83. The fourth-order valence-electron chi connectivity index (χ4n) is 2.32. The number of nitrogens with one attached hydrogen (secondary N) is 1. The van der Waals surface area contributed by atoms with Crippen LogP contribution < -0.4 is 14.8 Å². The number of para-hydroxylation sites is 2. The Kier molecular flexibility index (Phi) is 4.24. The lowest BCUT2D eigenvalue weighted by Crippen LogP contribution is -2.46. The van der Waals surface area contributed by atoms with Crippen molar-refractivity contribution in [3.05, 3.63) is 48.5 Å². The van der Waals surface area contributed by atoms with Gasteiger partial charge in [0.2, 0.25) is 6.10 Å². The third-order valence-corrected chi connectivity index (χ3v) is 4.16. The molecule has 0 spiro atoms. The van der Waals surface area contributed by atoms with Gasteiger partial charge in [-0.3, -0.25) is 4.79 Å². The van der Waals surface area contributed by atoms with Gasteiger partial charge in [-0.05, 0) is 43.5 Å². The van der Waals surface area contributed by atoms with E-state index in [9.17, 15) is 4.79 Å². The molecule has 0 radical (unpaired) electrons. The highest BCUT2D eigenvalue weighted by Gasteiger charge is 2.34. The summed E-state index contributed by atoms with van der Waals surface area (Å²) in [6, 6.07) is 15.1. The number of thioether (sulfide) groups is 1. The number of amides is 1. The van der Waals surface area contributed by atoms with Gasteiger partial charge in [0.1, 0.15) is 6.10 Å². The summed E-state index contributed by atoms with van der Waals surface area (Å²) in [5, 5.41) is 2.89. The molecule has 1 amide bonds. The van der Waals surface area contributed by atoms with E-state index < -0.39 is 6.10 Å². The van der Waals surface area contributed by atoms with Crippen molar-refractivity contribution < 1.29 is 14.3 Å². The molecule has 1 aliphatic rings. The normalized spacial score (nSPS) is 19.5. The van der Waals surface area contributed by atoms with Crippen LogP contribution in [0.2, 0.25) is 0 Å². The van der Waals surface area contributed by atoms with Crippen LogP contribution in [0.1, 0.15) is 6.92 Å². The quantitative estimate of drug-likeness (QED) is 0.880. The van der Waals surface area contributed by atoms with Gasteiger partial charge in [-0.15, -0.1) is 11.8 Å². The van der Waals surface area contributed by atoms with Gasteiger partial charge in [-0.2, -0.15) is 0 Å². The summed E-state index contributed by atoms with van der Waals surface area (Å²) in [5.74, 6) is 1.06. The van der Waals surface area contributed by atoms with Crippen molar-refractivity contribution >= 4 is 23.4 Å². The van der Waals surface area contributed by atoms with Crippen molar-refractivity contribution in [3.63, 3.8) is 0 Å². The lowest BCUT2D eigenvalue weighted by Gasteiger charge is -2.31. The number of anilines is 1. The fourth-order valence-corrected chi connectivity index (χ4v) is 2.78. The van der Waals surface area contributed by atoms with Crippen LogP contribution >= 0.6 is 11.8 Å². The summed E-state index contributed by atoms with van der Waals surface area (Å²) in [5.41, 5.74) is 0.756. The Hall–Kier alpha value is -2.14. The van der Waals surface area contributed by atoms with Gasteiger partial charge in [0, 0.05) is 10.6 Å². The lowest BCUT2D eigenvalue weighted by atomic mass is 10.1. The first-order valence-electron chi connectivity index (χ1n) is 7.04.